The Morgan fingerprint density at radius 1 is 0.914 bits per heavy atom. The van der Waals surface area contributed by atoms with Crippen LogP contribution in [-0.4, -0.2) is 31.2 Å². The third kappa shape index (κ3) is 5.38. The van der Waals surface area contributed by atoms with Crippen LogP contribution in [0.15, 0.2) is 72.8 Å². The highest BCUT2D eigenvalue weighted by molar-refractivity contribution is 5.91. The highest BCUT2D eigenvalue weighted by Crippen LogP contribution is 2.42. The van der Waals surface area contributed by atoms with E-state index in [4.69, 9.17) is 14.2 Å². The van der Waals surface area contributed by atoms with Crippen molar-refractivity contribution in [3.63, 3.8) is 0 Å². The number of benzene rings is 3. The first-order valence-electron chi connectivity index (χ1n) is 11.4. The van der Waals surface area contributed by atoms with Gasteiger partial charge in [0.05, 0.1) is 18.2 Å². The minimum atomic E-state index is -0.465. The summed E-state index contributed by atoms with van der Waals surface area (Å²) in [7, 11) is 1.32. The second kappa shape index (κ2) is 10.1. The Balaban J connectivity index is 1.78. The number of ether oxygens (including phenoxy) is 3. The van der Waals surface area contributed by atoms with E-state index in [1.165, 1.54) is 7.11 Å². The molecular weight excluding hydrogens is 442 g/mol. The van der Waals surface area contributed by atoms with Gasteiger partial charge in [0, 0.05) is 22.4 Å². The molecule has 6 heteroatoms. The second-order valence-electron chi connectivity index (χ2n) is 8.99. The fraction of sp³-hybridized carbons (Fsp3) is 0.241. The van der Waals surface area contributed by atoms with Gasteiger partial charge in [-0.2, -0.15) is 0 Å². The van der Waals surface area contributed by atoms with Crippen LogP contribution in [0.3, 0.4) is 0 Å². The van der Waals surface area contributed by atoms with E-state index >= 15 is 0 Å². The fourth-order valence-electron chi connectivity index (χ4n) is 4.41. The van der Waals surface area contributed by atoms with Crippen molar-refractivity contribution in [3.8, 4) is 16.9 Å². The molecule has 3 aromatic rings. The van der Waals surface area contributed by atoms with Crippen LogP contribution in [0.25, 0.3) is 16.7 Å². The Morgan fingerprint density at radius 2 is 1.63 bits per heavy atom. The van der Waals surface area contributed by atoms with Crippen LogP contribution in [-0.2, 0) is 20.9 Å². The average Bonchev–Trinajstić information content (AvgIpc) is 2.85. The lowest BCUT2D eigenvalue weighted by atomic mass is 9.85. The molecule has 1 N–H and O–H groups in total. The van der Waals surface area contributed by atoms with Gasteiger partial charge < -0.3 is 19.5 Å². The number of methoxy groups -OCH3 is 1. The number of nitrogens with one attached hydrogen (secondary N) is 1. The smallest absolute Gasteiger partial charge is 0.343 e. The van der Waals surface area contributed by atoms with Crippen LogP contribution in [0.1, 0.15) is 42.3 Å². The van der Waals surface area contributed by atoms with Crippen LogP contribution >= 0.6 is 0 Å². The van der Waals surface area contributed by atoms with Crippen LogP contribution in [0.4, 0.5) is 5.69 Å². The number of fused-ring (bicyclic) bond motifs is 1. The van der Waals surface area contributed by atoms with Crippen molar-refractivity contribution in [2.45, 2.75) is 32.9 Å². The summed E-state index contributed by atoms with van der Waals surface area (Å²) in [6, 6.07) is 20.4. The molecule has 0 aliphatic carbocycles. The topological polar surface area (TPSA) is 73.9 Å². The minimum absolute atomic E-state index is 0.0743. The maximum atomic E-state index is 12.8. The van der Waals surface area contributed by atoms with Crippen molar-refractivity contribution in [2.75, 3.05) is 19.0 Å². The van der Waals surface area contributed by atoms with Gasteiger partial charge in [-0.15, -0.1) is 0 Å². The van der Waals surface area contributed by atoms with Crippen LogP contribution in [0.5, 0.6) is 5.75 Å². The molecule has 1 aliphatic rings. The summed E-state index contributed by atoms with van der Waals surface area (Å²) in [6.45, 7) is 6.15. The lowest BCUT2D eigenvalue weighted by Gasteiger charge is -2.33. The molecule has 0 saturated heterocycles. The Hall–Kier alpha value is -4.06. The fourth-order valence-corrected chi connectivity index (χ4v) is 4.41. The maximum Gasteiger partial charge on any atom is 0.343 e. The second-order valence-corrected chi connectivity index (χ2v) is 8.99. The summed E-state index contributed by atoms with van der Waals surface area (Å²) >= 11 is 0. The standard InChI is InChI=1S/C29H29NO5/c1-19-16-29(2,3)30-24-15-14-21(22-12-8-9-13-25(22)34-18-26(31)33-4)23(27(19)24)17-35-28(32)20-10-6-5-7-11-20/h5-16,30H,17-18H2,1-4H3. The molecule has 0 bridgehead atoms. The zero-order valence-electron chi connectivity index (χ0n) is 20.4. The number of hydrogen-bond acceptors (Lipinski definition) is 6. The van der Waals surface area contributed by atoms with Crippen molar-refractivity contribution in [1.29, 1.82) is 0 Å². The number of hydrogen-bond donors (Lipinski definition) is 1. The van der Waals surface area contributed by atoms with Crippen molar-refractivity contribution < 1.29 is 23.8 Å². The molecule has 0 saturated carbocycles. The van der Waals surface area contributed by atoms with Crippen molar-refractivity contribution >= 4 is 23.2 Å². The molecule has 35 heavy (non-hydrogen) atoms. The number of para-hydroxylation sites is 1. The monoisotopic (exact) mass is 471 g/mol. The van der Waals surface area contributed by atoms with Gasteiger partial charge >= 0.3 is 11.9 Å². The molecule has 0 aromatic heterocycles. The largest absolute Gasteiger partial charge is 0.481 e. The summed E-state index contributed by atoms with van der Waals surface area (Å²) in [4.78, 5) is 24.5. The Kier molecular flexibility index (Phi) is 6.92. The third-order valence-electron chi connectivity index (χ3n) is 5.85. The molecule has 1 aliphatic heterocycles. The molecule has 0 radical (unpaired) electrons. The van der Waals surface area contributed by atoms with Crippen molar-refractivity contribution in [3.05, 3.63) is 89.5 Å². The molecule has 6 nitrogen and oxygen atoms in total. The molecule has 0 amide bonds. The number of anilines is 1. The number of esters is 2. The molecule has 0 unspecified atom stereocenters. The predicted molar refractivity (Wildman–Crippen MR) is 136 cm³/mol. The zero-order valence-corrected chi connectivity index (χ0v) is 20.4. The molecule has 0 atom stereocenters. The van der Waals surface area contributed by atoms with Gasteiger partial charge in [-0.25, -0.2) is 9.59 Å². The van der Waals surface area contributed by atoms with E-state index in [1.807, 2.05) is 42.5 Å². The molecule has 4 rings (SSSR count). The Morgan fingerprint density at radius 3 is 2.37 bits per heavy atom. The highest BCUT2D eigenvalue weighted by atomic mass is 16.6. The average molecular weight is 472 g/mol. The van der Waals surface area contributed by atoms with Gasteiger partial charge in [0.2, 0.25) is 0 Å². The van der Waals surface area contributed by atoms with E-state index < -0.39 is 11.9 Å². The number of carbonyl (C=O) groups excluding carboxylic acids is 2. The van der Waals surface area contributed by atoms with Crippen LogP contribution in [0.2, 0.25) is 0 Å². The van der Waals surface area contributed by atoms with E-state index in [0.29, 0.717) is 11.3 Å². The normalized spacial score (nSPS) is 13.7. The number of carbonyl (C=O) groups is 2. The minimum Gasteiger partial charge on any atom is -0.481 e. The Bertz CT molecular complexity index is 1280. The summed E-state index contributed by atoms with van der Waals surface area (Å²) in [5.41, 5.74) is 5.84. The molecule has 3 aromatic carbocycles. The highest BCUT2D eigenvalue weighted by Gasteiger charge is 2.27. The summed E-state index contributed by atoms with van der Waals surface area (Å²) in [5.74, 6) is -0.318. The van der Waals surface area contributed by atoms with E-state index in [9.17, 15) is 9.59 Å². The lowest BCUT2D eigenvalue weighted by molar-refractivity contribution is -0.142. The third-order valence-corrected chi connectivity index (χ3v) is 5.85. The summed E-state index contributed by atoms with van der Waals surface area (Å²) < 4.78 is 16.3. The molecule has 1 heterocycles. The predicted octanol–water partition coefficient (Wildman–Crippen LogP) is 5.87. The number of allylic oxidation sites excluding steroid dienone is 1. The van der Waals surface area contributed by atoms with E-state index in [0.717, 1.165) is 33.5 Å². The first-order chi connectivity index (χ1) is 16.8. The first-order valence-corrected chi connectivity index (χ1v) is 11.4. The van der Waals surface area contributed by atoms with Crippen LogP contribution in [0, 0.1) is 0 Å². The quantitative estimate of drug-likeness (QED) is 0.435. The van der Waals surface area contributed by atoms with Gasteiger partial charge in [-0.05, 0) is 56.2 Å². The van der Waals surface area contributed by atoms with E-state index in [-0.39, 0.29) is 18.8 Å². The zero-order chi connectivity index (χ0) is 25.0. The van der Waals surface area contributed by atoms with Crippen molar-refractivity contribution in [1.82, 2.24) is 0 Å². The summed E-state index contributed by atoms with van der Waals surface area (Å²) in [6.07, 6.45) is 2.17. The van der Waals surface area contributed by atoms with Crippen molar-refractivity contribution in [2.24, 2.45) is 0 Å². The van der Waals surface area contributed by atoms with Gasteiger partial charge in [-0.3, -0.25) is 0 Å². The number of rotatable bonds is 7. The maximum absolute atomic E-state index is 12.8. The summed E-state index contributed by atoms with van der Waals surface area (Å²) in [5, 5.41) is 3.56. The molecule has 0 fully saturated rings. The van der Waals surface area contributed by atoms with E-state index in [2.05, 4.69) is 32.2 Å². The first kappa shape index (κ1) is 24.1. The Labute approximate surface area is 205 Å². The molecule has 180 valence electrons. The van der Waals surface area contributed by atoms with Gasteiger partial charge in [0.15, 0.2) is 6.61 Å². The SMILES string of the molecule is COC(=O)COc1ccccc1-c1ccc2c(c1COC(=O)c1ccccc1)C(C)=CC(C)(C)N2. The van der Waals surface area contributed by atoms with Gasteiger partial charge in [0.25, 0.3) is 0 Å². The van der Waals surface area contributed by atoms with Crippen LogP contribution < -0.4 is 10.1 Å². The van der Waals surface area contributed by atoms with Gasteiger partial charge in [-0.1, -0.05) is 48.5 Å². The van der Waals surface area contributed by atoms with E-state index in [1.54, 1.807) is 24.3 Å². The van der Waals surface area contributed by atoms with Gasteiger partial charge in [0.1, 0.15) is 12.4 Å². The molecule has 0 spiro atoms. The lowest BCUT2D eigenvalue weighted by Crippen LogP contribution is -2.32. The molecular formula is C29H29NO5.